The molecule has 25 heavy (non-hydrogen) atoms. The summed E-state index contributed by atoms with van der Waals surface area (Å²) >= 11 is 0. The van der Waals surface area contributed by atoms with Crippen LogP contribution in [0.15, 0.2) is 54.6 Å². The van der Waals surface area contributed by atoms with Gasteiger partial charge in [0.25, 0.3) is 5.91 Å². The van der Waals surface area contributed by atoms with Crippen molar-refractivity contribution in [2.75, 3.05) is 31.8 Å². The largest absolute Gasteiger partial charge is 0.493 e. The summed E-state index contributed by atoms with van der Waals surface area (Å²) in [5, 5.41) is 0. The van der Waals surface area contributed by atoms with Crippen LogP contribution in [0.25, 0.3) is 0 Å². The number of anilines is 1. The minimum atomic E-state index is -0.104. The maximum atomic E-state index is 12.8. The molecule has 0 spiro atoms. The van der Waals surface area contributed by atoms with Gasteiger partial charge in [-0.15, -0.1) is 0 Å². The van der Waals surface area contributed by atoms with Crippen molar-refractivity contribution in [3.05, 3.63) is 54.6 Å². The Hall–Kier alpha value is -2.53. The van der Waals surface area contributed by atoms with E-state index >= 15 is 0 Å². The molecular formula is C20H23NO4. The minimum absolute atomic E-state index is 0.0536. The molecule has 1 aliphatic heterocycles. The van der Waals surface area contributed by atoms with E-state index in [9.17, 15) is 4.79 Å². The average Bonchev–Trinajstić information content (AvgIpc) is 3.18. The molecule has 2 aromatic carbocycles. The normalized spacial score (nSPS) is 16.4. The number of benzene rings is 2. The minimum Gasteiger partial charge on any atom is -0.493 e. The molecule has 132 valence electrons. The molecule has 1 atom stereocenters. The number of carbonyl (C=O) groups excluding carboxylic acids is 1. The van der Waals surface area contributed by atoms with Crippen LogP contribution in [0, 0.1) is 0 Å². The lowest BCUT2D eigenvalue weighted by Crippen LogP contribution is -2.40. The van der Waals surface area contributed by atoms with Gasteiger partial charge in [-0.2, -0.15) is 0 Å². The molecule has 0 aliphatic carbocycles. The Morgan fingerprint density at radius 2 is 1.84 bits per heavy atom. The highest BCUT2D eigenvalue weighted by Gasteiger charge is 2.24. The van der Waals surface area contributed by atoms with E-state index in [1.54, 1.807) is 24.1 Å². The van der Waals surface area contributed by atoms with Crippen LogP contribution >= 0.6 is 0 Å². The van der Waals surface area contributed by atoms with E-state index in [1.165, 1.54) is 0 Å². The third kappa shape index (κ3) is 4.51. The fourth-order valence-electron chi connectivity index (χ4n) is 2.91. The Bertz CT molecular complexity index is 683. The summed E-state index contributed by atoms with van der Waals surface area (Å²) < 4.78 is 16.7. The van der Waals surface area contributed by atoms with Gasteiger partial charge in [0.2, 0.25) is 0 Å². The molecule has 0 saturated carbocycles. The van der Waals surface area contributed by atoms with Gasteiger partial charge in [0.05, 0.1) is 19.8 Å². The maximum Gasteiger partial charge on any atom is 0.265 e. The standard InChI is InChI=1S/C20H23NO4/c1-23-18-11-5-6-12-19(18)25-15-20(22)21(14-17-10-7-13-24-17)16-8-3-2-4-9-16/h2-6,8-9,11-12,17H,7,10,13-15H2,1H3. The number of carbonyl (C=O) groups is 1. The van der Waals surface area contributed by atoms with Gasteiger partial charge in [-0.3, -0.25) is 4.79 Å². The third-order valence-corrected chi connectivity index (χ3v) is 4.20. The Morgan fingerprint density at radius 3 is 2.52 bits per heavy atom. The number of methoxy groups -OCH3 is 1. The van der Waals surface area contributed by atoms with Gasteiger partial charge in [0.15, 0.2) is 18.1 Å². The Morgan fingerprint density at radius 1 is 1.12 bits per heavy atom. The highest BCUT2D eigenvalue weighted by Crippen LogP contribution is 2.26. The van der Waals surface area contributed by atoms with Crippen molar-refractivity contribution in [2.24, 2.45) is 0 Å². The van der Waals surface area contributed by atoms with Crippen LogP contribution in [-0.4, -0.2) is 38.9 Å². The van der Waals surface area contributed by atoms with E-state index in [-0.39, 0.29) is 18.6 Å². The van der Waals surface area contributed by atoms with Gasteiger partial charge >= 0.3 is 0 Å². The molecule has 3 rings (SSSR count). The summed E-state index contributed by atoms with van der Waals surface area (Å²) in [6.07, 6.45) is 2.10. The van der Waals surface area contributed by atoms with Crippen molar-refractivity contribution in [2.45, 2.75) is 18.9 Å². The highest BCUT2D eigenvalue weighted by atomic mass is 16.5. The van der Waals surface area contributed by atoms with Crippen LogP contribution in [-0.2, 0) is 9.53 Å². The third-order valence-electron chi connectivity index (χ3n) is 4.20. The lowest BCUT2D eigenvalue weighted by atomic mass is 10.2. The molecule has 0 radical (unpaired) electrons. The number of hydrogen-bond donors (Lipinski definition) is 0. The molecule has 2 aromatic rings. The predicted octanol–water partition coefficient (Wildman–Crippen LogP) is 3.29. The van der Waals surface area contributed by atoms with Gasteiger partial charge in [-0.25, -0.2) is 0 Å². The van der Waals surface area contributed by atoms with Gasteiger partial charge in [-0.05, 0) is 37.1 Å². The molecule has 1 fully saturated rings. The van der Waals surface area contributed by atoms with Gasteiger partial charge < -0.3 is 19.1 Å². The van der Waals surface area contributed by atoms with Crippen molar-refractivity contribution in [3.63, 3.8) is 0 Å². The first-order valence-corrected chi connectivity index (χ1v) is 8.51. The topological polar surface area (TPSA) is 48.0 Å². The Labute approximate surface area is 148 Å². The maximum absolute atomic E-state index is 12.8. The van der Waals surface area contributed by atoms with Crippen LogP contribution in [0.1, 0.15) is 12.8 Å². The molecule has 1 unspecified atom stereocenters. The van der Waals surface area contributed by atoms with Crippen molar-refractivity contribution in [1.29, 1.82) is 0 Å². The lowest BCUT2D eigenvalue weighted by molar-refractivity contribution is -0.121. The van der Waals surface area contributed by atoms with E-state index in [0.29, 0.717) is 18.0 Å². The second-order valence-corrected chi connectivity index (χ2v) is 5.91. The molecule has 1 amide bonds. The zero-order valence-electron chi connectivity index (χ0n) is 14.4. The fourth-order valence-corrected chi connectivity index (χ4v) is 2.91. The summed E-state index contributed by atoms with van der Waals surface area (Å²) in [5.74, 6) is 1.07. The molecule has 1 saturated heterocycles. The van der Waals surface area contributed by atoms with Crippen molar-refractivity contribution >= 4 is 11.6 Å². The van der Waals surface area contributed by atoms with Crippen molar-refractivity contribution < 1.29 is 19.0 Å². The zero-order chi connectivity index (χ0) is 17.5. The second-order valence-electron chi connectivity index (χ2n) is 5.91. The van der Waals surface area contributed by atoms with Crippen molar-refractivity contribution in [3.8, 4) is 11.5 Å². The molecule has 0 aromatic heterocycles. The van der Waals surface area contributed by atoms with E-state index in [4.69, 9.17) is 14.2 Å². The molecule has 1 aliphatic rings. The number of ether oxygens (including phenoxy) is 3. The summed E-state index contributed by atoms with van der Waals surface area (Å²) in [4.78, 5) is 14.6. The molecular weight excluding hydrogens is 318 g/mol. The quantitative estimate of drug-likeness (QED) is 0.775. The van der Waals surface area contributed by atoms with Crippen LogP contribution in [0.3, 0.4) is 0 Å². The Balaban J connectivity index is 1.70. The fraction of sp³-hybridized carbons (Fsp3) is 0.350. The van der Waals surface area contributed by atoms with Crippen LogP contribution in [0.2, 0.25) is 0 Å². The van der Waals surface area contributed by atoms with Gasteiger partial charge in [0.1, 0.15) is 0 Å². The van der Waals surface area contributed by atoms with E-state index in [1.807, 2.05) is 42.5 Å². The second kappa shape index (κ2) is 8.53. The monoisotopic (exact) mass is 341 g/mol. The molecule has 0 N–H and O–H groups in total. The number of rotatable bonds is 7. The van der Waals surface area contributed by atoms with Crippen LogP contribution in [0.5, 0.6) is 11.5 Å². The average molecular weight is 341 g/mol. The summed E-state index contributed by atoms with van der Waals surface area (Å²) in [6.45, 7) is 1.25. The molecule has 5 heteroatoms. The number of amides is 1. The van der Waals surface area contributed by atoms with Crippen LogP contribution in [0.4, 0.5) is 5.69 Å². The summed E-state index contributed by atoms with van der Waals surface area (Å²) in [7, 11) is 1.58. The number of para-hydroxylation sites is 3. The number of hydrogen-bond acceptors (Lipinski definition) is 4. The first-order chi connectivity index (χ1) is 12.3. The number of nitrogens with zero attached hydrogens (tertiary/aromatic N) is 1. The smallest absolute Gasteiger partial charge is 0.265 e. The van der Waals surface area contributed by atoms with Gasteiger partial charge in [-0.1, -0.05) is 30.3 Å². The lowest BCUT2D eigenvalue weighted by Gasteiger charge is -2.25. The van der Waals surface area contributed by atoms with Gasteiger partial charge in [0, 0.05) is 12.3 Å². The molecule has 1 heterocycles. The predicted molar refractivity (Wildman–Crippen MR) is 96.3 cm³/mol. The molecule has 5 nitrogen and oxygen atoms in total. The first-order valence-electron chi connectivity index (χ1n) is 8.51. The molecule has 0 bridgehead atoms. The van der Waals surface area contributed by atoms with Crippen LogP contribution < -0.4 is 14.4 Å². The zero-order valence-corrected chi connectivity index (χ0v) is 14.4. The SMILES string of the molecule is COc1ccccc1OCC(=O)N(CC1CCCO1)c1ccccc1. The van der Waals surface area contributed by atoms with E-state index < -0.39 is 0 Å². The summed E-state index contributed by atoms with van der Waals surface area (Å²) in [5.41, 5.74) is 0.853. The first kappa shape index (κ1) is 17.3. The highest BCUT2D eigenvalue weighted by molar-refractivity contribution is 5.94. The van der Waals surface area contributed by atoms with E-state index in [0.717, 1.165) is 25.1 Å². The summed E-state index contributed by atoms with van der Waals surface area (Å²) in [6, 6.07) is 16.9. The van der Waals surface area contributed by atoms with E-state index in [2.05, 4.69) is 0 Å². The Kier molecular flexibility index (Phi) is 5.90. The van der Waals surface area contributed by atoms with Crippen molar-refractivity contribution in [1.82, 2.24) is 0 Å².